The predicted molar refractivity (Wildman–Crippen MR) is 118 cm³/mol. The van der Waals surface area contributed by atoms with Gasteiger partial charge in [0, 0.05) is 55.2 Å². The molecule has 2 aromatic heterocycles. The number of hydrogen-bond donors (Lipinski definition) is 1. The third-order valence-corrected chi connectivity index (χ3v) is 6.20. The molecule has 1 fully saturated rings. The van der Waals surface area contributed by atoms with Crippen LogP contribution in [0.15, 0.2) is 59.5 Å². The van der Waals surface area contributed by atoms with Crippen LogP contribution in [0.3, 0.4) is 0 Å². The van der Waals surface area contributed by atoms with Gasteiger partial charge in [0.05, 0.1) is 11.6 Å². The van der Waals surface area contributed by atoms with Gasteiger partial charge in [-0.2, -0.15) is 5.26 Å². The molecule has 1 aromatic carbocycles. The van der Waals surface area contributed by atoms with Crippen molar-refractivity contribution >= 4 is 22.2 Å². The number of allylic oxidation sites excluding steroid dienone is 1. The second-order valence-corrected chi connectivity index (χ2v) is 7.93. The molecule has 0 bridgehead atoms. The average Bonchev–Trinajstić information content (AvgIpc) is 3.30. The molecule has 1 saturated heterocycles. The molecule has 1 aliphatic heterocycles. The van der Waals surface area contributed by atoms with Crippen LogP contribution >= 0.6 is 0 Å². The minimum absolute atomic E-state index is 0.122. The number of anilines is 1. The first-order chi connectivity index (χ1) is 14.7. The van der Waals surface area contributed by atoms with E-state index < -0.39 is 0 Å². The van der Waals surface area contributed by atoms with Crippen LogP contribution < -0.4 is 10.5 Å². The maximum Gasteiger partial charge on any atom is 0.274 e. The fourth-order valence-corrected chi connectivity index (χ4v) is 4.54. The van der Waals surface area contributed by atoms with E-state index in [0.717, 1.165) is 50.1 Å². The number of piperazine rings is 1. The number of nitriles is 1. The van der Waals surface area contributed by atoms with Crippen molar-refractivity contribution in [3.8, 4) is 6.07 Å². The molecule has 5 rings (SSSR count). The smallest absolute Gasteiger partial charge is 0.274 e. The maximum absolute atomic E-state index is 12.4. The molecule has 0 radical (unpaired) electrons. The van der Waals surface area contributed by atoms with Gasteiger partial charge in [0.2, 0.25) is 0 Å². The van der Waals surface area contributed by atoms with Crippen molar-refractivity contribution in [3.05, 3.63) is 76.3 Å². The molecule has 0 spiro atoms. The zero-order valence-corrected chi connectivity index (χ0v) is 16.7. The van der Waals surface area contributed by atoms with Crippen LogP contribution in [-0.4, -0.2) is 47.1 Å². The average molecular weight is 397 g/mol. The van der Waals surface area contributed by atoms with Gasteiger partial charge in [-0.05, 0) is 54.8 Å². The molecule has 3 heterocycles. The van der Waals surface area contributed by atoms with E-state index in [2.05, 4.69) is 31.9 Å². The number of benzene rings is 1. The highest BCUT2D eigenvalue weighted by atomic mass is 16.1. The standard InChI is InChI=1S/C24H23N5O/c25-16-17-3-6-20(7-4-17)28-10-12-29(13-11-28)21-8-5-18(14-21)22-15-19-2-1-9-26-23(19)24(30)27-22/h1-4,6-7,9,14-15,21H,5,8,10-13H2,(H,27,30). The lowest BCUT2D eigenvalue weighted by Gasteiger charge is -2.38. The molecule has 0 saturated carbocycles. The first kappa shape index (κ1) is 18.6. The van der Waals surface area contributed by atoms with Crippen molar-refractivity contribution in [2.24, 2.45) is 0 Å². The molecule has 1 aliphatic carbocycles. The molecule has 150 valence electrons. The Morgan fingerprint density at radius 1 is 1.10 bits per heavy atom. The summed E-state index contributed by atoms with van der Waals surface area (Å²) in [7, 11) is 0. The fraction of sp³-hybridized carbons (Fsp3) is 0.292. The van der Waals surface area contributed by atoms with Gasteiger partial charge in [-0.25, -0.2) is 0 Å². The Morgan fingerprint density at radius 2 is 1.90 bits per heavy atom. The van der Waals surface area contributed by atoms with E-state index in [1.165, 1.54) is 11.3 Å². The quantitative estimate of drug-likeness (QED) is 0.735. The number of hydrogen-bond acceptors (Lipinski definition) is 5. The van der Waals surface area contributed by atoms with Gasteiger partial charge in [-0.3, -0.25) is 14.7 Å². The zero-order chi connectivity index (χ0) is 20.5. The first-order valence-corrected chi connectivity index (χ1v) is 10.4. The Bertz CT molecular complexity index is 1200. The van der Waals surface area contributed by atoms with Crippen molar-refractivity contribution < 1.29 is 0 Å². The summed E-state index contributed by atoms with van der Waals surface area (Å²) in [6, 6.07) is 16.3. The third kappa shape index (κ3) is 3.49. The normalized spacial score (nSPS) is 19.6. The Morgan fingerprint density at radius 3 is 2.67 bits per heavy atom. The summed E-state index contributed by atoms with van der Waals surface area (Å²) in [4.78, 5) is 24.5. The van der Waals surface area contributed by atoms with E-state index in [0.29, 0.717) is 17.1 Å². The molecule has 3 aromatic rings. The lowest BCUT2D eigenvalue weighted by Crippen LogP contribution is -2.49. The van der Waals surface area contributed by atoms with E-state index in [1.54, 1.807) is 6.20 Å². The van der Waals surface area contributed by atoms with Gasteiger partial charge in [0.15, 0.2) is 0 Å². The van der Waals surface area contributed by atoms with Gasteiger partial charge >= 0.3 is 0 Å². The van der Waals surface area contributed by atoms with Crippen LogP contribution in [-0.2, 0) is 0 Å². The monoisotopic (exact) mass is 397 g/mol. The minimum atomic E-state index is -0.122. The van der Waals surface area contributed by atoms with Gasteiger partial charge in [-0.15, -0.1) is 0 Å². The largest absolute Gasteiger partial charge is 0.369 e. The minimum Gasteiger partial charge on any atom is -0.369 e. The number of H-pyrrole nitrogens is 1. The van der Waals surface area contributed by atoms with Gasteiger partial charge in [-0.1, -0.05) is 12.1 Å². The highest BCUT2D eigenvalue weighted by molar-refractivity contribution is 5.81. The van der Waals surface area contributed by atoms with Crippen LogP contribution in [0.4, 0.5) is 5.69 Å². The van der Waals surface area contributed by atoms with Crippen LogP contribution in [0.25, 0.3) is 16.5 Å². The summed E-state index contributed by atoms with van der Waals surface area (Å²) in [6.07, 6.45) is 6.03. The third-order valence-electron chi connectivity index (χ3n) is 6.20. The van der Waals surface area contributed by atoms with Crippen LogP contribution in [0.5, 0.6) is 0 Å². The summed E-state index contributed by atoms with van der Waals surface area (Å²) in [5.74, 6) is 0. The summed E-state index contributed by atoms with van der Waals surface area (Å²) < 4.78 is 0. The molecule has 0 amide bonds. The van der Waals surface area contributed by atoms with Crippen LogP contribution in [0, 0.1) is 11.3 Å². The first-order valence-electron chi connectivity index (χ1n) is 10.4. The molecule has 1 N–H and O–H groups in total. The van der Waals surface area contributed by atoms with E-state index in [9.17, 15) is 4.79 Å². The van der Waals surface area contributed by atoms with Gasteiger partial charge in [0.1, 0.15) is 5.52 Å². The lowest BCUT2D eigenvalue weighted by molar-refractivity contribution is 0.214. The predicted octanol–water partition coefficient (Wildman–Crippen LogP) is 3.16. The summed E-state index contributed by atoms with van der Waals surface area (Å²) >= 11 is 0. The molecule has 2 aliphatic rings. The highest BCUT2D eigenvalue weighted by Crippen LogP contribution is 2.31. The Kier molecular flexibility index (Phi) is 4.82. The number of pyridine rings is 2. The SMILES string of the molecule is N#Cc1ccc(N2CCN(C3C=C(c4cc5cccnc5c(=O)[nH]4)CC3)CC2)cc1. The number of rotatable bonds is 3. The van der Waals surface area contributed by atoms with Crippen molar-refractivity contribution in [1.29, 1.82) is 5.26 Å². The summed E-state index contributed by atoms with van der Waals surface area (Å²) in [5.41, 5.74) is 4.39. The number of aromatic nitrogens is 2. The Labute approximate surface area is 175 Å². The van der Waals surface area contributed by atoms with Crippen molar-refractivity contribution in [2.75, 3.05) is 31.1 Å². The molecule has 1 unspecified atom stereocenters. The van der Waals surface area contributed by atoms with Crippen molar-refractivity contribution in [2.45, 2.75) is 18.9 Å². The van der Waals surface area contributed by atoms with Gasteiger partial charge in [0.25, 0.3) is 5.56 Å². The van der Waals surface area contributed by atoms with E-state index >= 15 is 0 Å². The van der Waals surface area contributed by atoms with Crippen molar-refractivity contribution in [3.63, 3.8) is 0 Å². The number of nitrogens with zero attached hydrogens (tertiary/aromatic N) is 4. The molecule has 1 atom stereocenters. The van der Waals surface area contributed by atoms with E-state index in [4.69, 9.17) is 5.26 Å². The molecule has 6 heteroatoms. The fourth-order valence-electron chi connectivity index (χ4n) is 4.54. The number of fused-ring (bicyclic) bond motifs is 1. The summed E-state index contributed by atoms with van der Waals surface area (Å²) in [5, 5.41) is 9.85. The van der Waals surface area contributed by atoms with Gasteiger partial charge < -0.3 is 9.88 Å². The lowest BCUT2D eigenvalue weighted by atomic mass is 10.1. The second-order valence-electron chi connectivity index (χ2n) is 7.93. The van der Waals surface area contributed by atoms with E-state index in [1.807, 2.05) is 42.5 Å². The Balaban J connectivity index is 1.28. The maximum atomic E-state index is 12.4. The zero-order valence-electron chi connectivity index (χ0n) is 16.7. The number of aromatic amines is 1. The highest BCUT2D eigenvalue weighted by Gasteiger charge is 2.27. The molecular formula is C24H23N5O. The van der Waals surface area contributed by atoms with Crippen LogP contribution in [0.1, 0.15) is 24.1 Å². The summed E-state index contributed by atoms with van der Waals surface area (Å²) in [6.45, 7) is 3.97. The number of nitrogens with one attached hydrogen (secondary N) is 1. The Hall–Kier alpha value is -3.43. The van der Waals surface area contributed by atoms with E-state index in [-0.39, 0.29) is 5.56 Å². The molecule has 6 nitrogen and oxygen atoms in total. The topological polar surface area (TPSA) is 76.0 Å². The van der Waals surface area contributed by atoms with Crippen molar-refractivity contribution in [1.82, 2.24) is 14.9 Å². The second kappa shape index (κ2) is 7.77. The molecule has 30 heavy (non-hydrogen) atoms. The molecular weight excluding hydrogens is 374 g/mol. The van der Waals surface area contributed by atoms with Crippen LogP contribution in [0.2, 0.25) is 0 Å².